The summed E-state index contributed by atoms with van der Waals surface area (Å²) in [5.41, 5.74) is 0. The SMILES string of the molecule is O=S(=O)(NCCC1CCNCC1)c1c(F)cc(F)cc1F. The van der Waals surface area contributed by atoms with Gasteiger partial charge < -0.3 is 5.32 Å². The van der Waals surface area contributed by atoms with Crippen LogP contribution in [0.3, 0.4) is 0 Å². The molecule has 1 aromatic carbocycles. The number of hydrogen-bond donors (Lipinski definition) is 2. The van der Waals surface area contributed by atoms with Gasteiger partial charge in [0.15, 0.2) is 4.90 Å². The monoisotopic (exact) mass is 322 g/mol. The molecule has 0 spiro atoms. The second-order valence-corrected chi connectivity index (χ2v) is 6.78. The molecule has 4 nitrogen and oxygen atoms in total. The molecule has 0 aliphatic carbocycles. The molecule has 2 rings (SSSR count). The van der Waals surface area contributed by atoms with Gasteiger partial charge in [0.2, 0.25) is 10.0 Å². The highest BCUT2D eigenvalue weighted by atomic mass is 32.2. The average molecular weight is 322 g/mol. The Bertz CT molecular complexity index is 578. The second kappa shape index (κ2) is 6.76. The second-order valence-electron chi connectivity index (χ2n) is 5.08. The molecule has 8 heteroatoms. The van der Waals surface area contributed by atoms with Crippen LogP contribution in [0, 0.1) is 23.4 Å². The van der Waals surface area contributed by atoms with E-state index in [9.17, 15) is 21.6 Å². The standard InChI is InChI=1S/C13H17F3N2O2S/c14-10-7-11(15)13(12(16)8-10)21(19,20)18-6-3-9-1-4-17-5-2-9/h7-9,17-18H,1-6H2. The first-order chi connectivity index (χ1) is 9.90. The lowest BCUT2D eigenvalue weighted by atomic mass is 9.95. The van der Waals surface area contributed by atoms with E-state index in [1.54, 1.807) is 0 Å². The molecule has 0 saturated carbocycles. The van der Waals surface area contributed by atoms with E-state index >= 15 is 0 Å². The maximum atomic E-state index is 13.5. The van der Waals surface area contributed by atoms with Gasteiger partial charge in [-0.3, -0.25) is 0 Å². The minimum atomic E-state index is -4.32. The van der Waals surface area contributed by atoms with Crippen molar-refractivity contribution in [3.05, 3.63) is 29.6 Å². The molecule has 0 aromatic heterocycles. The van der Waals surface area contributed by atoms with Crippen LogP contribution in [0.15, 0.2) is 17.0 Å². The summed E-state index contributed by atoms with van der Waals surface area (Å²) < 4.78 is 65.7. The third-order valence-corrected chi connectivity index (χ3v) is 5.05. The van der Waals surface area contributed by atoms with Crippen molar-refractivity contribution in [3.8, 4) is 0 Å². The zero-order valence-corrected chi connectivity index (χ0v) is 12.1. The first kappa shape index (κ1) is 16.3. The van der Waals surface area contributed by atoms with Gasteiger partial charge in [-0.15, -0.1) is 0 Å². The minimum Gasteiger partial charge on any atom is -0.317 e. The smallest absolute Gasteiger partial charge is 0.246 e. The number of benzene rings is 1. The quantitative estimate of drug-likeness (QED) is 0.869. The molecule has 118 valence electrons. The third kappa shape index (κ3) is 4.18. The van der Waals surface area contributed by atoms with E-state index in [4.69, 9.17) is 0 Å². The van der Waals surface area contributed by atoms with E-state index in [1.807, 2.05) is 0 Å². The van der Waals surface area contributed by atoms with Crippen molar-refractivity contribution in [1.82, 2.24) is 10.0 Å². The molecular weight excluding hydrogens is 305 g/mol. The summed E-state index contributed by atoms with van der Waals surface area (Å²) in [6.07, 6.45) is 2.49. The molecule has 1 aliphatic rings. The molecule has 1 heterocycles. The van der Waals surface area contributed by atoms with Crippen molar-refractivity contribution in [2.75, 3.05) is 19.6 Å². The van der Waals surface area contributed by atoms with Gasteiger partial charge in [-0.2, -0.15) is 0 Å². The fourth-order valence-electron chi connectivity index (χ4n) is 2.43. The number of rotatable bonds is 5. The average Bonchev–Trinajstić information content (AvgIpc) is 2.38. The van der Waals surface area contributed by atoms with E-state index in [-0.39, 0.29) is 6.54 Å². The Morgan fingerprint density at radius 1 is 1.14 bits per heavy atom. The molecule has 21 heavy (non-hydrogen) atoms. The van der Waals surface area contributed by atoms with Gasteiger partial charge >= 0.3 is 0 Å². The van der Waals surface area contributed by atoms with Crippen molar-refractivity contribution in [2.24, 2.45) is 5.92 Å². The fourth-order valence-corrected chi connectivity index (χ4v) is 3.59. The molecule has 2 N–H and O–H groups in total. The van der Waals surface area contributed by atoms with E-state index < -0.39 is 32.4 Å². The van der Waals surface area contributed by atoms with E-state index in [1.165, 1.54) is 0 Å². The predicted molar refractivity (Wildman–Crippen MR) is 71.7 cm³/mol. The van der Waals surface area contributed by atoms with Crippen molar-refractivity contribution in [1.29, 1.82) is 0 Å². The molecular formula is C13H17F3N2O2S. The van der Waals surface area contributed by atoms with Crippen LogP contribution in [0.5, 0.6) is 0 Å². The number of piperidine rings is 1. The Hall–Kier alpha value is -1.12. The Labute approximate surface area is 121 Å². The minimum absolute atomic E-state index is 0.100. The Morgan fingerprint density at radius 3 is 2.29 bits per heavy atom. The summed E-state index contributed by atoms with van der Waals surface area (Å²) in [6, 6.07) is 0.703. The van der Waals surface area contributed by atoms with Gasteiger partial charge in [0.1, 0.15) is 17.5 Å². The van der Waals surface area contributed by atoms with Crippen LogP contribution in [-0.2, 0) is 10.0 Å². The Balaban J connectivity index is 2.01. The molecule has 0 radical (unpaired) electrons. The maximum Gasteiger partial charge on any atom is 0.246 e. The topological polar surface area (TPSA) is 58.2 Å². The lowest BCUT2D eigenvalue weighted by Gasteiger charge is -2.22. The summed E-state index contributed by atoms with van der Waals surface area (Å²) >= 11 is 0. The van der Waals surface area contributed by atoms with Crippen molar-refractivity contribution in [2.45, 2.75) is 24.2 Å². The molecule has 0 bridgehead atoms. The van der Waals surface area contributed by atoms with E-state index in [2.05, 4.69) is 10.0 Å². The van der Waals surface area contributed by atoms with Crippen LogP contribution in [-0.4, -0.2) is 28.1 Å². The third-order valence-electron chi connectivity index (χ3n) is 3.54. The summed E-state index contributed by atoms with van der Waals surface area (Å²) in [5.74, 6) is -3.63. The van der Waals surface area contributed by atoms with Crippen LogP contribution < -0.4 is 10.0 Å². The number of hydrogen-bond acceptors (Lipinski definition) is 3. The predicted octanol–water partition coefficient (Wildman–Crippen LogP) is 1.77. The fraction of sp³-hybridized carbons (Fsp3) is 0.538. The molecule has 0 unspecified atom stereocenters. The van der Waals surface area contributed by atoms with Crippen LogP contribution in [0.1, 0.15) is 19.3 Å². The van der Waals surface area contributed by atoms with Gasteiger partial charge in [0.05, 0.1) is 0 Å². The van der Waals surface area contributed by atoms with Gasteiger partial charge in [-0.25, -0.2) is 26.3 Å². The van der Waals surface area contributed by atoms with Crippen LogP contribution in [0.25, 0.3) is 0 Å². The summed E-state index contributed by atoms with van der Waals surface area (Å²) in [4.78, 5) is -1.13. The number of nitrogens with one attached hydrogen (secondary N) is 2. The highest BCUT2D eigenvalue weighted by Crippen LogP contribution is 2.20. The zero-order chi connectivity index (χ0) is 15.5. The van der Waals surface area contributed by atoms with Gasteiger partial charge in [-0.05, 0) is 38.3 Å². The van der Waals surface area contributed by atoms with Gasteiger partial charge in [-0.1, -0.05) is 0 Å². The maximum absolute atomic E-state index is 13.5. The Morgan fingerprint density at radius 2 is 1.71 bits per heavy atom. The highest BCUT2D eigenvalue weighted by Gasteiger charge is 2.25. The zero-order valence-electron chi connectivity index (χ0n) is 11.3. The molecule has 1 fully saturated rings. The van der Waals surface area contributed by atoms with Gasteiger partial charge in [0, 0.05) is 18.7 Å². The van der Waals surface area contributed by atoms with Crippen LogP contribution >= 0.6 is 0 Å². The van der Waals surface area contributed by atoms with Crippen molar-refractivity contribution in [3.63, 3.8) is 0 Å². The lowest BCUT2D eigenvalue weighted by molar-refractivity contribution is 0.354. The Kier molecular flexibility index (Phi) is 5.23. The molecule has 0 atom stereocenters. The summed E-state index contributed by atoms with van der Waals surface area (Å²) in [7, 11) is -4.32. The summed E-state index contributed by atoms with van der Waals surface area (Å²) in [6.45, 7) is 1.88. The van der Waals surface area contributed by atoms with Crippen molar-refractivity contribution < 1.29 is 21.6 Å². The number of halogens is 3. The number of sulfonamides is 1. The summed E-state index contributed by atoms with van der Waals surface area (Å²) in [5, 5.41) is 3.19. The normalized spacial score (nSPS) is 17.1. The largest absolute Gasteiger partial charge is 0.317 e. The van der Waals surface area contributed by atoms with Crippen molar-refractivity contribution >= 4 is 10.0 Å². The highest BCUT2D eigenvalue weighted by molar-refractivity contribution is 7.89. The van der Waals surface area contributed by atoms with Gasteiger partial charge in [0.25, 0.3) is 0 Å². The van der Waals surface area contributed by atoms with E-state index in [0.717, 1.165) is 25.9 Å². The van der Waals surface area contributed by atoms with E-state index in [0.29, 0.717) is 24.5 Å². The first-order valence-corrected chi connectivity index (χ1v) is 8.23. The lowest BCUT2D eigenvalue weighted by Crippen LogP contribution is -2.32. The molecule has 1 saturated heterocycles. The molecule has 0 amide bonds. The first-order valence-electron chi connectivity index (χ1n) is 6.75. The molecule has 1 aliphatic heterocycles. The molecule has 1 aromatic rings. The van der Waals surface area contributed by atoms with Crippen LogP contribution in [0.2, 0.25) is 0 Å². The van der Waals surface area contributed by atoms with Crippen LogP contribution in [0.4, 0.5) is 13.2 Å².